The fourth-order valence-electron chi connectivity index (χ4n) is 3.08. The maximum atomic E-state index is 12.4. The van der Waals surface area contributed by atoms with Crippen LogP contribution in [0.1, 0.15) is 12.0 Å². The van der Waals surface area contributed by atoms with Gasteiger partial charge in [-0.05, 0) is 23.8 Å². The quantitative estimate of drug-likeness (QED) is 0.839. The molecule has 1 saturated heterocycles. The molecule has 0 spiro atoms. The Labute approximate surface area is 158 Å². The van der Waals surface area contributed by atoms with E-state index in [1.807, 2.05) is 18.2 Å². The summed E-state index contributed by atoms with van der Waals surface area (Å²) in [7, 11) is 1.56. The Morgan fingerprint density at radius 1 is 1.31 bits per heavy atom. The largest absolute Gasteiger partial charge is 0.495 e. The summed E-state index contributed by atoms with van der Waals surface area (Å²) in [5.41, 5.74) is 1.84. The molecule has 0 saturated carbocycles. The molecule has 1 N–H and O–H groups in total. The van der Waals surface area contributed by atoms with Crippen LogP contribution in [0.5, 0.6) is 5.75 Å². The second-order valence-electron chi connectivity index (χ2n) is 6.31. The summed E-state index contributed by atoms with van der Waals surface area (Å²) < 4.78 is 11.0. The van der Waals surface area contributed by atoms with Crippen LogP contribution in [0.25, 0.3) is 0 Å². The second kappa shape index (κ2) is 9.03. The van der Waals surface area contributed by atoms with Crippen LogP contribution in [0, 0.1) is 0 Å². The minimum absolute atomic E-state index is 0.114. The van der Waals surface area contributed by atoms with E-state index in [2.05, 4.69) is 22.3 Å². The van der Waals surface area contributed by atoms with Crippen molar-refractivity contribution in [2.45, 2.75) is 19.1 Å². The van der Waals surface area contributed by atoms with E-state index in [1.165, 1.54) is 5.56 Å². The number of anilines is 1. The van der Waals surface area contributed by atoms with Crippen LogP contribution in [0.3, 0.4) is 0 Å². The molecule has 1 unspecified atom stereocenters. The number of hydrogen-bond donors (Lipinski definition) is 1. The third-order valence-electron chi connectivity index (χ3n) is 4.32. The van der Waals surface area contributed by atoms with Gasteiger partial charge in [-0.15, -0.1) is 0 Å². The Hall–Kier alpha value is -2.08. The van der Waals surface area contributed by atoms with Crippen molar-refractivity contribution in [1.29, 1.82) is 0 Å². The highest BCUT2D eigenvalue weighted by Gasteiger charge is 2.23. The zero-order valence-electron chi connectivity index (χ0n) is 14.8. The summed E-state index contributed by atoms with van der Waals surface area (Å²) >= 11 is 6.01. The van der Waals surface area contributed by atoms with Crippen LogP contribution < -0.4 is 10.1 Å². The molecule has 0 radical (unpaired) electrons. The maximum Gasteiger partial charge on any atom is 0.227 e. The van der Waals surface area contributed by atoms with Crippen molar-refractivity contribution >= 4 is 23.2 Å². The summed E-state index contributed by atoms with van der Waals surface area (Å²) in [5, 5.41) is 3.41. The van der Waals surface area contributed by atoms with E-state index in [0.29, 0.717) is 29.5 Å². The van der Waals surface area contributed by atoms with Gasteiger partial charge in [0.25, 0.3) is 0 Å². The summed E-state index contributed by atoms with van der Waals surface area (Å²) in [6.07, 6.45) is 0.165. The molecule has 1 atom stereocenters. The van der Waals surface area contributed by atoms with Crippen molar-refractivity contribution in [3.63, 3.8) is 0 Å². The number of rotatable bonds is 6. The van der Waals surface area contributed by atoms with Crippen LogP contribution in [0.2, 0.25) is 5.02 Å². The first-order chi connectivity index (χ1) is 12.6. The van der Waals surface area contributed by atoms with Crippen molar-refractivity contribution in [1.82, 2.24) is 4.90 Å². The summed E-state index contributed by atoms with van der Waals surface area (Å²) in [5.74, 6) is 0.468. The fraction of sp³-hybridized carbons (Fsp3) is 0.350. The number of morpholine rings is 1. The Morgan fingerprint density at radius 2 is 2.12 bits per heavy atom. The lowest BCUT2D eigenvalue weighted by molar-refractivity contribution is -0.121. The molecule has 1 aliphatic heterocycles. The molecule has 5 nitrogen and oxygen atoms in total. The van der Waals surface area contributed by atoms with Gasteiger partial charge in [0, 0.05) is 24.7 Å². The van der Waals surface area contributed by atoms with Gasteiger partial charge in [0.1, 0.15) is 5.75 Å². The summed E-state index contributed by atoms with van der Waals surface area (Å²) in [6, 6.07) is 15.5. The summed E-state index contributed by atoms with van der Waals surface area (Å²) in [6.45, 7) is 3.10. The minimum Gasteiger partial charge on any atom is -0.495 e. The van der Waals surface area contributed by atoms with Crippen molar-refractivity contribution in [3.05, 3.63) is 59.1 Å². The molecular weight excluding hydrogens is 352 g/mol. The van der Waals surface area contributed by atoms with Gasteiger partial charge in [0.15, 0.2) is 0 Å². The van der Waals surface area contributed by atoms with Crippen molar-refractivity contribution in [2.24, 2.45) is 0 Å². The molecule has 1 heterocycles. The third kappa shape index (κ3) is 5.21. The number of carbonyl (C=O) groups is 1. The minimum atomic E-state index is -0.127. The highest BCUT2D eigenvalue weighted by Crippen LogP contribution is 2.28. The van der Waals surface area contributed by atoms with Gasteiger partial charge in [0.2, 0.25) is 5.91 Å². The molecule has 2 aromatic carbocycles. The van der Waals surface area contributed by atoms with Crippen LogP contribution in [0.4, 0.5) is 5.69 Å². The van der Waals surface area contributed by atoms with E-state index in [9.17, 15) is 4.79 Å². The SMILES string of the molecule is COc1ccc(Cl)cc1NC(=O)CC1CN(Cc2ccccc2)CCO1. The number of methoxy groups -OCH3 is 1. The van der Waals surface area contributed by atoms with E-state index < -0.39 is 0 Å². The number of ether oxygens (including phenoxy) is 2. The smallest absolute Gasteiger partial charge is 0.227 e. The first-order valence-electron chi connectivity index (χ1n) is 8.65. The Balaban J connectivity index is 1.55. The van der Waals surface area contributed by atoms with E-state index in [0.717, 1.165) is 19.6 Å². The fourth-order valence-corrected chi connectivity index (χ4v) is 3.25. The topological polar surface area (TPSA) is 50.8 Å². The molecule has 1 fully saturated rings. The van der Waals surface area contributed by atoms with E-state index >= 15 is 0 Å². The van der Waals surface area contributed by atoms with Crippen LogP contribution in [-0.4, -0.2) is 43.7 Å². The number of amides is 1. The number of halogens is 1. The number of nitrogens with zero attached hydrogens (tertiary/aromatic N) is 1. The maximum absolute atomic E-state index is 12.4. The van der Waals surface area contributed by atoms with E-state index in [-0.39, 0.29) is 12.0 Å². The van der Waals surface area contributed by atoms with Gasteiger partial charge >= 0.3 is 0 Å². The molecular formula is C20H23ClN2O3. The first kappa shape index (κ1) is 18.7. The molecule has 1 aliphatic rings. The van der Waals surface area contributed by atoms with Gasteiger partial charge in [0.05, 0.1) is 31.9 Å². The van der Waals surface area contributed by atoms with Crippen molar-refractivity contribution in [3.8, 4) is 5.75 Å². The summed E-state index contributed by atoms with van der Waals surface area (Å²) in [4.78, 5) is 14.7. The lowest BCUT2D eigenvalue weighted by Crippen LogP contribution is -2.43. The van der Waals surface area contributed by atoms with Gasteiger partial charge in [-0.1, -0.05) is 41.9 Å². The number of carbonyl (C=O) groups excluding carboxylic acids is 1. The van der Waals surface area contributed by atoms with Gasteiger partial charge < -0.3 is 14.8 Å². The molecule has 2 aromatic rings. The number of nitrogens with one attached hydrogen (secondary N) is 1. The predicted molar refractivity (Wildman–Crippen MR) is 103 cm³/mol. The highest BCUT2D eigenvalue weighted by molar-refractivity contribution is 6.31. The molecule has 26 heavy (non-hydrogen) atoms. The van der Waals surface area contributed by atoms with Gasteiger partial charge in [-0.25, -0.2) is 0 Å². The first-order valence-corrected chi connectivity index (χ1v) is 9.03. The normalized spacial score (nSPS) is 17.7. The monoisotopic (exact) mass is 374 g/mol. The molecule has 0 aromatic heterocycles. The average Bonchev–Trinajstić information content (AvgIpc) is 2.63. The Bertz CT molecular complexity index is 739. The van der Waals surface area contributed by atoms with Gasteiger partial charge in [-0.3, -0.25) is 9.69 Å². The Kier molecular flexibility index (Phi) is 6.50. The van der Waals surface area contributed by atoms with Crippen LogP contribution in [0.15, 0.2) is 48.5 Å². The predicted octanol–water partition coefficient (Wildman–Crippen LogP) is 3.58. The van der Waals surface area contributed by atoms with Crippen LogP contribution >= 0.6 is 11.6 Å². The molecule has 0 aliphatic carbocycles. The lowest BCUT2D eigenvalue weighted by atomic mass is 10.1. The standard InChI is InChI=1S/C20H23ClN2O3/c1-25-19-8-7-16(21)11-18(19)22-20(24)12-17-14-23(9-10-26-17)13-15-5-3-2-4-6-15/h2-8,11,17H,9-10,12-14H2,1H3,(H,22,24). The third-order valence-corrected chi connectivity index (χ3v) is 4.56. The van der Waals surface area contributed by atoms with E-state index in [4.69, 9.17) is 21.1 Å². The van der Waals surface area contributed by atoms with Crippen molar-refractivity contribution < 1.29 is 14.3 Å². The molecule has 1 amide bonds. The highest BCUT2D eigenvalue weighted by atomic mass is 35.5. The van der Waals surface area contributed by atoms with Crippen molar-refractivity contribution in [2.75, 3.05) is 32.1 Å². The average molecular weight is 375 g/mol. The van der Waals surface area contributed by atoms with Crippen LogP contribution in [-0.2, 0) is 16.1 Å². The number of hydrogen-bond acceptors (Lipinski definition) is 4. The molecule has 6 heteroatoms. The number of benzene rings is 2. The second-order valence-corrected chi connectivity index (χ2v) is 6.75. The van der Waals surface area contributed by atoms with E-state index in [1.54, 1.807) is 25.3 Å². The molecule has 138 valence electrons. The molecule has 3 rings (SSSR count). The Morgan fingerprint density at radius 3 is 2.88 bits per heavy atom. The zero-order chi connectivity index (χ0) is 18.4. The molecule has 0 bridgehead atoms. The zero-order valence-corrected chi connectivity index (χ0v) is 15.5. The lowest BCUT2D eigenvalue weighted by Gasteiger charge is -2.32. The van der Waals surface area contributed by atoms with Gasteiger partial charge in [-0.2, -0.15) is 0 Å².